The Hall–Kier alpha value is -4.14. The first-order chi connectivity index (χ1) is 16.9. The number of aryl methyl sites for hydroxylation is 1. The van der Waals surface area contributed by atoms with Crippen molar-refractivity contribution in [2.24, 2.45) is 13.0 Å². The van der Waals surface area contributed by atoms with Gasteiger partial charge in [0.15, 0.2) is 0 Å². The molecule has 5 rings (SSSR count). The van der Waals surface area contributed by atoms with Gasteiger partial charge in [-0.25, -0.2) is 4.79 Å². The van der Waals surface area contributed by atoms with Gasteiger partial charge in [0, 0.05) is 19.0 Å². The van der Waals surface area contributed by atoms with E-state index in [-0.39, 0.29) is 23.9 Å². The first-order valence-corrected chi connectivity index (χ1v) is 11.6. The summed E-state index contributed by atoms with van der Waals surface area (Å²) >= 11 is 0. The van der Waals surface area contributed by atoms with E-state index in [1.54, 1.807) is 7.05 Å². The fourth-order valence-electron chi connectivity index (χ4n) is 5.21. The fourth-order valence-corrected chi connectivity index (χ4v) is 5.21. The van der Waals surface area contributed by atoms with Crippen molar-refractivity contribution in [1.29, 1.82) is 0 Å². The van der Waals surface area contributed by atoms with Crippen LogP contribution in [0.5, 0.6) is 0 Å². The molecule has 3 aromatic rings. The molecule has 1 saturated carbocycles. The molecule has 35 heavy (non-hydrogen) atoms. The number of nitrogens with zero attached hydrogens (tertiary/aromatic N) is 2. The van der Waals surface area contributed by atoms with Crippen molar-refractivity contribution in [3.8, 4) is 11.1 Å². The minimum absolute atomic E-state index is 0.0832. The van der Waals surface area contributed by atoms with Crippen LogP contribution in [-0.4, -0.2) is 45.5 Å². The lowest BCUT2D eigenvalue weighted by Crippen LogP contribution is -2.41. The van der Waals surface area contributed by atoms with Gasteiger partial charge in [-0.05, 0) is 35.1 Å². The van der Waals surface area contributed by atoms with E-state index in [1.807, 2.05) is 36.4 Å². The SMILES string of the molecule is Cn1ncc(NC(=O)OCC2c3ccccc3-c3ccccc32)c1C(=O)N[C@@H]1CCC[C@@H]1C(=O)O. The van der Waals surface area contributed by atoms with E-state index in [2.05, 4.69) is 27.9 Å². The summed E-state index contributed by atoms with van der Waals surface area (Å²) in [6, 6.07) is 15.7. The third-order valence-electron chi connectivity index (χ3n) is 6.88. The Morgan fingerprint density at radius 2 is 1.71 bits per heavy atom. The van der Waals surface area contributed by atoms with Crippen molar-refractivity contribution in [2.75, 3.05) is 11.9 Å². The second kappa shape index (κ2) is 9.25. The molecular weight excluding hydrogens is 448 g/mol. The van der Waals surface area contributed by atoms with Crippen molar-refractivity contribution in [2.45, 2.75) is 31.2 Å². The molecule has 2 aliphatic rings. The lowest BCUT2D eigenvalue weighted by atomic mass is 9.98. The van der Waals surface area contributed by atoms with E-state index in [1.165, 1.54) is 10.9 Å². The zero-order valence-corrected chi connectivity index (χ0v) is 19.2. The van der Waals surface area contributed by atoms with E-state index in [0.29, 0.717) is 12.8 Å². The predicted octanol–water partition coefficient (Wildman–Crippen LogP) is 3.76. The zero-order valence-electron chi connectivity index (χ0n) is 19.2. The Bertz CT molecular complexity index is 1250. The maximum Gasteiger partial charge on any atom is 0.411 e. The molecule has 0 spiro atoms. The van der Waals surface area contributed by atoms with E-state index >= 15 is 0 Å². The second-order valence-corrected chi connectivity index (χ2v) is 8.94. The molecule has 1 fully saturated rings. The van der Waals surface area contributed by atoms with Crippen LogP contribution in [0.3, 0.4) is 0 Å². The van der Waals surface area contributed by atoms with Crippen LogP contribution in [0.4, 0.5) is 10.5 Å². The Morgan fingerprint density at radius 1 is 1.06 bits per heavy atom. The summed E-state index contributed by atoms with van der Waals surface area (Å²) in [5, 5.41) is 18.9. The monoisotopic (exact) mass is 474 g/mol. The summed E-state index contributed by atoms with van der Waals surface area (Å²) < 4.78 is 6.92. The molecule has 2 aromatic carbocycles. The minimum atomic E-state index is -0.921. The van der Waals surface area contributed by atoms with Crippen molar-refractivity contribution < 1.29 is 24.2 Å². The Balaban J connectivity index is 1.26. The molecule has 9 heteroatoms. The summed E-state index contributed by atoms with van der Waals surface area (Å²) in [7, 11) is 1.58. The van der Waals surface area contributed by atoms with Crippen LogP contribution < -0.4 is 10.6 Å². The van der Waals surface area contributed by atoms with E-state index < -0.39 is 29.9 Å². The van der Waals surface area contributed by atoms with Gasteiger partial charge in [0.1, 0.15) is 12.3 Å². The number of carbonyl (C=O) groups is 3. The highest BCUT2D eigenvalue weighted by Gasteiger charge is 2.35. The number of benzene rings is 2. The smallest absolute Gasteiger partial charge is 0.411 e. The van der Waals surface area contributed by atoms with Gasteiger partial charge in [-0.1, -0.05) is 55.0 Å². The highest BCUT2D eigenvalue weighted by atomic mass is 16.5. The molecule has 1 aromatic heterocycles. The summed E-state index contributed by atoms with van der Waals surface area (Å²) in [6.45, 7) is 0.143. The molecule has 180 valence electrons. The number of carboxylic acids is 1. The summed E-state index contributed by atoms with van der Waals surface area (Å²) in [6.07, 6.45) is 2.53. The van der Waals surface area contributed by atoms with Crippen LogP contribution in [0.25, 0.3) is 11.1 Å². The highest BCUT2D eigenvalue weighted by molar-refractivity contribution is 6.01. The molecule has 3 N–H and O–H groups in total. The van der Waals surface area contributed by atoms with E-state index in [4.69, 9.17) is 4.74 Å². The normalized spacial score (nSPS) is 18.5. The Kier molecular flexibility index (Phi) is 5.98. The predicted molar refractivity (Wildman–Crippen MR) is 128 cm³/mol. The number of fused-ring (bicyclic) bond motifs is 3. The third-order valence-corrected chi connectivity index (χ3v) is 6.88. The molecule has 2 aliphatic carbocycles. The first kappa shape index (κ1) is 22.6. The molecular formula is C26H26N4O5. The van der Waals surface area contributed by atoms with Gasteiger partial charge in [-0.15, -0.1) is 0 Å². The van der Waals surface area contributed by atoms with Gasteiger partial charge < -0.3 is 15.2 Å². The van der Waals surface area contributed by atoms with Crippen LogP contribution in [0, 0.1) is 5.92 Å². The summed E-state index contributed by atoms with van der Waals surface area (Å²) in [5.41, 5.74) is 4.81. The molecule has 9 nitrogen and oxygen atoms in total. The molecule has 2 atom stereocenters. The Morgan fingerprint density at radius 3 is 2.37 bits per heavy atom. The number of aliphatic carboxylic acids is 1. The van der Waals surface area contributed by atoms with Crippen molar-refractivity contribution >= 4 is 23.7 Å². The quantitative estimate of drug-likeness (QED) is 0.500. The first-order valence-electron chi connectivity index (χ1n) is 11.6. The number of aromatic nitrogens is 2. The van der Waals surface area contributed by atoms with Crippen LogP contribution in [0.1, 0.15) is 46.8 Å². The van der Waals surface area contributed by atoms with Crippen molar-refractivity contribution in [1.82, 2.24) is 15.1 Å². The van der Waals surface area contributed by atoms with Crippen LogP contribution in [0.2, 0.25) is 0 Å². The maximum atomic E-state index is 12.9. The lowest BCUT2D eigenvalue weighted by molar-refractivity contribution is -0.142. The van der Waals surface area contributed by atoms with Gasteiger partial charge in [0.05, 0.1) is 17.8 Å². The molecule has 2 amide bonds. The summed E-state index contributed by atoms with van der Waals surface area (Å²) in [4.78, 5) is 37.1. The van der Waals surface area contributed by atoms with Gasteiger partial charge >= 0.3 is 12.1 Å². The van der Waals surface area contributed by atoms with Gasteiger partial charge in [0.2, 0.25) is 0 Å². The van der Waals surface area contributed by atoms with Gasteiger partial charge in [0.25, 0.3) is 5.91 Å². The number of carbonyl (C=O) groups excluding carboxylic acids is 2. The van der Waals surface area contributed by atoms with Gasteiger partial charge in [-0.2, -0.15) is 5.10 Å². The number of carboxylic acid groups (broad SMARTS) is 1. The zero-order chi connectivity index (χ0) is 24.5. The molecule has 0 aliphatic heterocycles. The number of amides is 2. The molecule has 1 heterocycles. The highest BCUT2D eigenvalue weighted by Crippen LogP contribution is 2.44. The number of nitrogens with one attached hydrogen (secondary N) is 2. The standard InChI is InChI=1S/C26H26N4O5/c1-30-23(24(31)28-21-12-6-11-19(21)25(32)33)22(13-27-30)29-26(34)35-14-20-17-9-4-2-7-15(17)16-8-3-5-10-18(16)20/h2-5,7-10,13,19-21H,6,11-12,14H2,1H3,(H,28,31)(H,29,34)(H,32,33)/t19-,21+/m0/s1. The third kappa shape index (κ3) is 4.25. The average molecular weight is 475 g/mol. The molecule has 0 saturated heterocycles. The fraction of sp³-hybridized carbons (Fsp3) is 0.308. The number of hydrogen-bond acceptors (Lipinski definition) is 5. The number of hydrogen-bond donors (Lipinski definition) is 3. The molecule has 0 unspecified atom stereocenters. The van der Waals surface area contributed by atoms with Crippen molar-refractivity contribution in [3.05, 3.63) is 71.5 Å². The largest absolute Gasteiger partial charge is 0.481 e. The maximum absolute atomic E-state index is 12.9. The molecule has 0 bridgehead atoms. The second-order valence-electron chi connectivity index (χ2n) is 8.94. The summed E-state index contributed by atoms with van der Waals surface area (Å²) in [5.74, 6) is -2.11. The lowest BCUT2D eigenvalue weighted by Gasteiger charge is -2.18. The Labute approximate surface area is 202 Å². The van der Waals surface area contributed by atoms with Crippen molar-refractivity contribution in [3.63, 3.8) is 0 Å². The van der Waals surface area contributed by atoms with E-state index in [0.717, 1.165) is 28.7 Å². The van der Waals surface area contributed by atoms with Crippen LogP contribution >= 0.6 is 0 Å². The average Bonchev–Trinajstić information content (AvgIpc) is 3.54. The topological polar surface area (TPSA) is 123 Å². The number of ether oxygens (including phenoxy) is 1. The number of rotatable bonds is 6. The van der Waals surface area contributed by atoms with Crippen LogP contribution in [0.15, 0.2) is 54.7 Å². The number of anilines is 1. The minimum Gasteiger partial charge on any atom is -0.481 e. The van der Waals surface area contributed by atoms with Crippen LogP contribution in [-0.2, 0) is 16.6 Å². The van der Waals surface area contributed by atoms with Gasteiger partial charge in [-0.3, -0.25) is 19.6 Å². The molecule has 0 radical (unpaired) electrons. The van der Waals surface area contributed by atoms with E-state index in [9.17, 15) is 19.5 Å².